The van der Waals surface area contributed by atoms with E-state index in [-0.39, 0.29) is 12.4 Å². The van der Waals surface area contributed by atoms with Crippen LogP contribution in [0.2, 0.25) is 0 Å². The van der Waals surface area contributed by atoms with E-state index in [4.69, 9.17) is 20.8 Å². The Morgan fingerprint density at radius 1 is 1.10 bits per heavy atom. The predicted molar refractivity (Wildman–Crippen MR) is 75.6 cm³/mol. The van der Waals surface area contributed by atoms with Crippen LogP contribution in [0.25, 0.3) is 0 Å². The number of oxime groups is 1. The summed E-state index contributed by atoms with van der Waals surface area (Å²) in [7, 11) is 0. The largest absolute Gasteiger partial charge is 0.489 e. The van der Waals surface area contributed by atoms with Crippen molar-refractivity contribution >= 4 is 5.84 Å². The van der Waals surface area contributed by atoms with Gasteiger partial charge < -0.3 is 20.8 Å². The second-order valence-electron chi connectivity index (χ2n) is 4.28. The van der Waals surface area contributed by atoms with E-state index in [1.807, 2.05) is 30.3 Å². The first-order valence-corrected chi connectivity index (χ1v) is 6.12. The molecular weight excluding hydrogens is 256 g/mol. The summed E-state index contributed by atoms with van der Waals surface area (Å²) in [6.45, 7) is 0.345. The highest BCUT2D eigenvalue weighted by Gasteiger charge is 2.02. The van der Waals surface area contributed by atoms with Gasteiger partial charge in [0.25, 0.3) is 0 Å². The number of hydrogen-bond acceptors (Lipinski definition) is 4. The lowest BCUT2D eigenvalue weighted by Crippen LogP contribution is -2.13. The van der Waals surface area contributed by atoms with Crippen LogP contribution in [0.15, 0.2) is 53.7 Å². The van der Waals surface area contributed by atoms with E-state index in [1.54, 1.807) is 18.2 Å². The van der Waals surface area contributed by atoms with Gasteiger partial charge in [0.2, 0.25) is 0 Å². The van der Waals surface area contributed by atoms with Gasteiger partial charge in [-0.3, -0.25) is 0 Å². The van der Waals surface area contributed by atoms with Crippen LogP contribution in [0.3, 0.4) is 0 Å². The molecule has 0 aliphatic carbocycles. The van der Waals surface area contributed by atoms with Crippen molar-refractivity contribution in [2.45, 2.75) is 13.2 Å². The number of nitrogens with zero attached hydrogens (tertiary/aromatic N) is 1. The van der Waals surface area contributed by atoms with E-state index in [0.29, 0.717) is 17.9 Å². The van der Waals surface area contributed by atoms with Crippen LogP contribution in [-0.4, -0.2) is 16.1 Å². The summed E-state index contributed by atoms with van der Waals surface area (Å²) in [5.41, 5.74) is 7.88. The number of amidine groups is 1. The summed E-state index contributed by atoms with van der Waals surface area (Å²) >= 11 is 0. The number of aliphatic hydroxyl groups excluding tert-OH is 1. The Bertz CT molecular complexity index is 612. The molecule has 0 aliphatic heterocycles. The third-order valence-corrected chi connectivity index (χ3v) is 2.82. The zero-order valence-electron chi connectivity index (χ0n) is 10.9. The van der Waals surface area contributed by atoms with Gasteiger partial charge in [0, 0.05) is 5.56 Å². The molecule has 0 heterocycles. The molecule has 2 rings (SSSR count). The minimum Gasteiger partial charge on any atom is -0.489 e. The molecule has 0 unspecified atom stereocenters. The van der Waals surface area contributed by atoms with Crippen molar-refractivity contribution in [1.82, 2.24) is 0 Å². The lowest BCUT2D eigenvalue weighted by molar-refractivity contribution is 0.278. The highest BCUT2D eigenvalue weighted by Crippen LogP contribution is 2.15. The Kier molecular flexibility index (Phi) is 4.57. The summed E-state index contributed by atoms with van der Waals surface area (Å²) in [6, 6.07) is 14.5. The van der Waals surface area contributed by atoms with Crippen LogP contribution in [0, 0.1) is 0 Å². The number of nitrogens with two attached hydrogens (primary N) is 1. The highest BCUT2D eigenvalue weighted by molar-refractivity contribution is 5.97. The van der Waals surface area contributed by atoms with Gasteiger partial charge in [-0.15, -0.1) is 0 Å². The van der Waals surface area contributed by atoms with Crippen molar-refractivity contribution in [3.8, 4) is 5.75 Å². The van der Waals surface area contributed by atoms with E-state index in [0.717, 1.165) is 11.1 Å². The molecule has 104 valence electrons. The summed E-state index contributed by atoms with van der Waals surface area (Å²) < 4.78 is 5.65. The van der Waals surface area contributed by atoms with Crippen LogP contribution in [0.4, 0.5) is 0 Å². The third-order valence-electron chi connectivity index (χ3n) is 2.82. The Morgan fingerprint density at radius 3 is 2.60 bits per heavy atom. The molecule has 0 atom stereocenters. The highest BCUT2D eigenvalue weighted by atomic mass is 16.5. The van der Waals surface area contributed by atoms with Gasteiger partial charge in [0.05, 0.1) is 6.61 Å². The van der Waals surface area contributed by atoms with Crippen LogP contribution < -0.4 is 10.5 Å². The van der Waals surface area contributed by atoms with Crippen LogP contribution in [-0.2, 0) is 13.2 Å². The number of rotatable bonds is 5. The van der Waals surface area contributed by atoms with E-state index < -0.39 is 0 Å². The summed E-state index contributed by atoms with van der Waals surface area (Å²) in [6.07, 6.45) is 0. The molecule has 2 aromatic carbocycles. The Balaban J connectivity index is 2.07. The summed E-state index contributed by atoms with van der Waals surface area (Å²) in [5.74, 6) is 0.750. The summed E-state index contributed by atoms with van der Waals surface area (Å²) in [4.78, 5) is 0. The van der Waals surface area contributed by atoms with Gasteiger partial charge in [0.1, 0.15) is 12.4 Å². The maximum atomic E-state index is 9.07. The number of benzene rings is 2. The zero-order valence-corrected chi connectivity index (χ0v) is 10.9. The normalized spacial score (nSPS) is 11.3. The molecule has 0 radical (unpaired) electrons. The Morgan fingerprint density at radius 2 is 1.85 bits per heavy atom. The third kappa shape index (κ3) is 3.49. The first-order valence-electron chi connectivity index (χ1n) is 6.12. The molecule has 0 amide bonds. The van der Waals surface area contributed by atoms with E-state index >= 15 is 0 Å². The predicted octanol–water partition coefficient (Wildman–Crippen LogP) is 1.85. The monoisotopic (exact) mass is 272 g/mol. The lowest BCUT2D eigenvalue weighted by atomic mass is 10.1. The smallest absolute Gasteiger partial charge is 0.170 e. The van der Waals surface area contributed by atoms with Crippen LogP contribution in [0.1, 0.15) is 16.7 Å². The standard InChI is InChI=1S/C15H16N2O3/c16-15(17-19)13-5-1-4-12(7-13)10-20-14-6-2-3-11(8-14)9-18/h1-8,18-19H,9-10H2,(H2,16,17). The minimum absolute atomic E-state index is 0.0177. The molecule has 2 aromatic rings. The molecule has 0 saturated heterocycles. The SMILES string of the molecule is NC(=NO)c1cccc(COc2cccc(CO)c2)c1. The van der Waals surface area contributed by atoms with Crippen molar-refractivity contribution in [2.24, 2.45) is 10.9 Å². The van der Waals surface area contributed by atoms with Gasteiger partial charge in [-0.2, -0.15) is 0 Å². The van der Waals surface area contributed by atoms with Crippen molar-refractivity contribution in [3.63, 3.8) is 0 Å². The molecule has 5 nitrogen and oxygen atoms in total. The van der Waals surface area contributed by atoms with Gasteiger partial charge in [0.15, 0.2) is 5.84 Å². The molecule has 0 spiro atoms. The molecule has 20 heavy (non-hydrogen) atoms. The molecule has 5 heteroatoms. The van der Waals surface area contributed by atoms with Crippen molar-refractivity contribution in [1.29, 1.82) is 0 Å². The second kappa shape index (κ2) is 6.58. The van der Waals surface area contributed by atoms with Crippen LogP contribution >= 0.6 is 0 Å². The van der Waals surface area contributed by atoms with Crippen molar-refractivity contribution in [2.75, 3.05) is 0 Å². The van der Waals surface area contributed by atoms with E-state index in [1.165, 1.54) is 0 Å². The number of aliphatic hydroxyl groups is 1. The van der Waals surface area contributed by atoms with Crippen molar-refractivity contribution < 1.29 is 15.1 Å². The lowest BCUT2D eigenvalue weighted by Gasteiger charge is -2.08. The maximum Gasteiger partial charge on any atom is 0.170 e. The fourth-order valence-corrected chi connectivity index (χ4v) is 1.78. The van der Waals surface area contributed by atoms with E-state index in [9.17, 15) is 0 Å². The maximum absolute atomic E-state index is 9.07. The molecule has 0 aromatic heterocycles. The van der Waals surface area contributed by atoms with Gasteiger partial charge in [-0.1, -0.05) is 35.5 Å². The molecule has 4 N–H and O–H groups in total. The average molecular weight is 272 g/mol. The Labute approximate surface area is 116 Å². The van der Waals surface area contributed by atoms with Crippen LogP contribution in [0.5, 0.6) is 5.75 Å². The van der Waals surface area contributed by atoms with Gasteiger partial charge in [-0.25, -0.2) is 0 Å². The molecule has 0 bridgehead atoms. The molecule has 0 fully saturated rings. The molecule has 0 saturated carbocycles. The number of ether oxygens (including phenoxy) is 1. The molecular formula is C15H16N2O3. The first-order chi connectivity index (χ1) is 9.72. The van der Waals surface area contributed by atoms with Crippen molar-refractivity contribution in [3.05, 3.63) is 65.2 Å². The number of hydrogen-bond donors (Lipinski definition) is 3. The fraction of sp³-hybridized carbons (Fsp3) is 0.133. The van der Waals surface area contributed by atoms with Gasteiger partial charge in [-0.05, 0) is 29.3 Å². The minimum atomic E-state index is -0.0177. The quantitative estimate of drug-likeness (QED) is 0.335. The second-order valence-corrected chi connectivity index (χ2v) is 4.28. The summed E-state index contributed by atoms with van der Waals surface area (Å²) in [5, 5.41) is 20.7. The average Bonchev–Trinajstić information content (AvgIpc) is 2.52. The zero-order chi connectivity index (χ0) is 14.4. The van der Waals surface area contributed by atoms with E-state index in [2.05, 4.69) is 5.16 Å². The first kappa shape index (κ1) is 13.9. The van der Waals surface area contributed by atoms with Gasteiger partial charge >= 0.3 is 0 Å². The topological polar surface area (TPSA) is 88.1 Å². The molecule has 0 aliphatic rings. The fourth-order valence-electron chi connectivity index (χ4n) is 1.78. The Hall–Kier alpha value is -2.53.